The average Bonchev–Trinajstić information content (AvgIpc) is 2.48. The van der Waals surface area contributed by atoms with E-state index in [1.165, 1.54) is 12.7 Å². The van der Waals surface area contributed by atoms with Gasteiger partial charge in [-0.15, -0.1) is 0 Å². The zero-order valence-electron chi connectivity index (χ0n) is 11.6. The van der Waals surface area contributed by atoms with E-state index in [-0.39, 0.29) is 0 Å². The molecule has 102 valence electrons. The van der Waals surface area contributed by atoms with Crippen LogP contribution < -0.4 is 5.32 Å². The third-order valence-corrected chi connectivity index (χ3v) is 2.92. The van der Waals surface area contributed by atoms with Crippen molar-refractivity contribution in [2.75, 3.05) is 12.4 Å². The number of ether oxygens (including phenoxy) is 1. The molecule has 0 fully saturated rings. The molecule has 20 heavy (non-hydrogen) atoms. The quantitative estimate of drug-likeness (QED) is 0.840. The first-order valence-corrected chi connectivity index (χ1v) is 6.38. The molecule has 3 nitrogen and oxygen atoms in total. The molecule has 0 bridgehead atoms. The molecule has 0 saturated carbocycles. The number of carbonyl (C=O) groups excluding carboxylic acids is 1. The summed E-state index contributed by atoms with van der Waals surface area (Å²) in [6, 6.07) is 15.8. The van der Waals surface area contributed by atoms with E-state index in [1.54, 1.807) is 0 Å². The molecule has 0 aliphatic carbocycles. The van der Waals surface area contributed by atoms with E-state index < -0.39 is 6.09 Å². The molecule has 3 heteroatoms. The maximum absolute atomic E-state index is 11.3. The van der Waals surface area contributed by atoms with Gasteiger partial charge in [-0.1, -0.05) is 60.2 Å². The molecular weight excluding hydrogens is 250 g/mol. The zero-order valence-corrected chi connectivity index (χ0v) is 11.6. The summed E-state index contributed by atoms with van der Waals surface area (Å²) in [7, 11) is 1.35. The van der Waals surface area contributed by atoms with Crippen molar-refractivity contribution in [1.29, 1.82) is 0 Å². The van der Waals surface area contributed by atoms with E-state index in [9.17, 15) is 4.79 Å². The lowest BCUT2D eigenvalue weighted by Gasteiger charge is -2.07. The van der Waals surface area contributed by atoms with Crippen LogP contribution in [0.3, 0.4) is 0 Å². The van der Waals surface area contributed by atoms with E-state index in [0.29, 0.717) is 0 Å². The molecule has 0 aliphatic rings. The van der Waals surface area contributed by atoms with Crippen LogP contribution in [0.25, 0.3) is 12.2 Å². The highest BCUT2D eigenvalue weighted by atomic mass is 16.5. The van der Waals surface area contributed by atoms with E-state index >= 15 is 0 Å². The molecule has 2 aromatic carbocycles. The Hall–Kier alpha value is -2.55. The first kappa shape index (κ1) is 13.9. The lowest BCUT2D eigenvalue weighted by molar-refractivity contribution is 0.187. The summed E-state index contributed by atoms with van der Waals surface area (Å²) in [5.41, 5.74) is 4.00. The third kappa shape index (κ3) is 3.72. The fraction of sp³-hybridized carbons (Fsp3) is 0.118. The highest BCUT2D eigenvalue weighted by Crippen LogP contribution is 2.18. The Balaban J connectivity index is 2.20. The molecule has 1 amide bonds. The van der Waals surface area contributed by atoms with Crippen molar-refractivity contribution in [1.82, 2.24) is 0 Å². The number of anilines is 1. The van der Waals surface area contributed by atoms with Gasteiger partial charge in [0.15, 0.2) is 0 Å². The van der Waals surface area contributed by atoms with Gasteiger partial charge in [-0.05, 0) is 24.1 Å². The van der Waals surface area contributed by atoms with Crippen molar-refractivity contribution in [2.24, 2.45) is 0 Å². The van der Waals surface area contributed by atoms with Crippen LogP contribution in [0.1, 0.15) is 16.7 Å². The third-order valence-electron chi connectivity index (χ3n) is 2.92. The van der Waals surface area contributed by atoms with Gasteiger partial charge in [0.05, 0.1) is 12.8 Å². The van der Waals surface area contributed by atoms with Gasteiger partial charge in [0, 0.05) is 0 Å². The monoisotopic (exact) mass is 267 g/mol. The first-order chi connectivity index (χ1) is 9.69. The predicted molar refractivity (Wildman–Crippen MR) is 82.6 cm³/mol. The van der Waals surface area contributed by atoms with Crippen molar-refractivity contribution in [3.05, 3.63) is 65.2 Å². The van der Waals surface area contributed by atoms with Gasteiger partial charge in [0.2, 0.25) is 0 Å². The summed E-state index contributed by atoms with van der Waals surface area (Å²) in [6.45, 7) is 2.06. The molecule has 2 aromatic rings. The highest BCUT2D eigenvalue weighted by molar-refractivity contribution is 5.89. The standard InChI is InChI=1S/C17H17NO2/c1-13-7-9-14(10-8-13)11-12-15-5-3-4-6-16(15)18-17(19)20-2/h3-12H,1-2H3,(H,18,19). The highest BCUT2D eigenvalue weighted by Gasteiger charge is 2.03. The number of hydrogen-bond acceptors (Lipinski definition) is 2. The van der Waals surface area contributed by atoms with Crippen molar-refractivity contribution in [2.45, 2.75) is 6.92 Å². The maximum atomic E-state index is 11.3. The maximum Gasteiger partial charge on any atom is 0.411 e. The molecule has 1 N–H and O–H groups in total. The minimum atomic E-state index is -0.471. The topological polar surface area (TPSA) is 38.3 Å². The summed E-state index contributed by atoms with van der Waals surface area (Å²) in [6.07, 6.45) is 3.51. The molecule has 0 spiro atoms. The van der Waals surface area contributed by atoms with Gasteiger partial charge in [-0.3, -0.25) is 5.32 Å². The molecular formula is C17H17NO2. The largest absolute Gasteiger partial charge is 0.453 e. The van der Waals surface area contributed by atoms with Crippen molar-refractivity contribution in [3.63, 3.8) is 0 Å². The fourth-order valence-electron chi connectivity index (χ4n) is 1.78. The summed E-state index contributed by atoms with van der Waals surface area (Å²) < 4.78 is 4.61. The second-order valence-corrected chi connectivity index (χ2v) is 4.45. The Kier molecular flexibility index (Phi) is 4.56. The van der Waals surface area contributed by atoms with E-state index in [1.807, 2.05) is 36.4 Å². The SMILES string of the molecule is COC(=O)Nc1ccccc1C=Cc1ccc(C)cc1. The van der Waals surface area contributed by atoms with E-state index in [4.69, 9.17) is 0 Å². The molecule has 2 rings (SSSR count). The lowest BCUT2D eigenvalue weighted by Crippen LogP contribution is -2.11. The van der Waals surface area contributed by atoms with Gasteiger partial charge in [0.1, 0.15) is 0 Å². The number of rotatable bonds is 3. The van der Waals surface area contributed by atoms with Gasteiger partial charge in [0.25, 0.3) is 0 Å². The van der Waals surface area contributed by atoms with E-state index in [2.05, 4.69) is 41.2 Å². The number of methoxy groups -OCH3 is 1. The van der Waals surface area contributed by atoms with Gasteiger partial charge < -0.3 is 4.74 Å². The number of hydrogen-bond donors (Lipinski definition) is 1. The van der Waals surface area contributed by atoms with Crippen LogP contribution in [0.4, 0.5) is 10.5 Å². The second-order valence-electron chi connectivity index (χ2n) is 4.45. The van der Waals surface area contributed by atoms with E-state index in [0.717, 1.165) is 16.8 Å². The number of benzene rings is 2. The van der Waals surface area contributed by atoms with Gasteiger partial charge >= 0.3 is 6.09 Å². The minimum Gasteiger partial charge on any atom is -0.453 e. The van der Waals surface area contributed by atoms with Gasteiger partial charge in [-0.25, -0.2) is 4.79 Å². The Morgan fingerprint density at radius 1 is 1.05 bits per heavy atom. The Morgan fingerprint density at radius 3 is 2.45 bits per heavy atom. The molecule has 0 atom stereocenters. The molecule has 0 heterocycles. The molecule has 0 aromatic heterocycles. The minimum absolute atomic E-state index is 0.471. The van der Waals surface area contributed by atoms with Crippen LogP contribution in [0.15, 0.2) is 48.5 Å². The molecule has 0 aliphatic heterocycles. The summed E-state index contributed by atoms with van der Waals surface area (Å²) >= 11 is 0. The van der Waals surface area contributed by atoms with Crippen molar-refractivity contribution < 1.29 is 9.53 Å². The molecule has 0 saturated heterocycles. The first-order valence-electron chi connectivity index (χ1n) is 6.38. The molecule has 0 radical (unpaired) electrons. The van der Waals surface area contributed by atoms with Gasteiger partial charge in [-0.2, -0.15) is 0 Å². The summed E-state index contributed by atoms with van der Waals surface area (Å²) in [4.78, 5) is 11.3. The normalized spacial score (nSPS) is 10.5. The fourth-order valence-corrected chi connectivity index (χ4v) is 1.78. The van der Waals surface area contributed by atoms with Crippen LogP contribution in [-0.2, 0) is 4.74 Å². The second kappa shape index (κ2) is 6.57. The smallest absolute Gasteiger partial charge is 0.411 e. The van der Waals surface area contributed by atoms with Crippen LogP contribution in [0, 0.1) is 6.92 Å². The van der Waals surface area contributed by atoms with Crippen molar-refractivity contribution in [3.8, 4) is 0 Å². The lowest BCUT2D eigenvalue weighted by atomic mass is 10.1. The Bertz CT molecular complexity index is 615. The number of nitrogens with one attached hydrogen (secondary N) is 1. The number of para-hydroxylation sites is 1. The number of carbonyl (C=O) groups is 1. The average molecular weight is 267 g/mol. The molecule has 0 unspecified atom stereocenters. The summed E-state index contributed by atoms with van der Waals surface area (Å²) in [5.74, 6) is 0. The Labute approximate surface area is 118 Å². The number of amides is 1. The summed E-state index contributed by atoms with van der Waals surface area (Å²) in [5, 5.41) is 2.69. The van der Waals surface area contributed by atoms with Crippen LogP contribution in [-0.4, -0.2) is 13.2 Å². The van der Waals surface area contributed by atoms with Crippen LogP contribution in [0.2, 0.25) is 0 Å². The zero-order chi connectivity index (χ0) is 14.4. The van der Waals surface area contributed by atoms with Crippen LogP contribution >= 0.6 is 0 Å². The van der Waals surface area contributed by atoms with Crippen LogP contribution in [0.5, 0.6) is 0 Å². The predicted octanol–water partition coefficient (Wildman–Crippen LogP) is 4.34. The Morgan fingerprint density at radius 2 is 1.75 bits per heavy atom. The number of aryl methyl sites for hydroxylation is 1. The van der Waals surface area contributed by atoms with Crippen molar-refractivity contribution >= 4 is 23.9 Å².